The molecular weight excluding hydrogens is 465 g/mol. The van der Waals surface area contributed by atoms with Crippen LogP contribution in [0.25, 0.3) is 11.3 Å². The summed E-state index contributed by atoms with van der Waals surface area (Å²) in [4.78, 5) is 27.3. The van der Waals surface area contributed by atoms with Crippen LogP contribution in [0, 0.1) is 10.1 Å². The zero-order chi connectivity index (χ0) is 22.1. The van der Waals surface area contributed by atoms with Crippen molar-refractivity contribution in [3.8, 4) is 11.3 Å². The van der Waals surface area contributed by atoms with Gasteiger partial charge in [-0.2, -0.15) is 0 Å². The molecule has 0 spiro atoms. The summed E-state index contributed by atoms with van der Waals surface area (Å²) >= 11 is 18.5. The van der Waals surface area contributed by atoms with Crippen molar-refractivity contribution in [1.82, 2.24) is 4.90 Å². The Morgan fingerprint density at radius 2 is 1.61 bits per heavy atom. The van der Waals surface area contributed by atoms with E-state index in [2.05, 4.69) is 0 Å². The van der Waals surface area contributed by atoms with Gasteiger partial charge in [0.2, 0.25) is 0 Å². The van der Waals surface area contributed by atoms with Crippen molar-refractivity contribution in [2.45, 2.75) is 0 Å². The SMILES string of the molecule is O=C(c1ccc(-c2cccc(Cl)c2Cl)o1)N1CCN(c2c(Cl)cccc2[N+](=O)[O-])CC1. The number of nitro benzene ring substituents is 1. The van der Waals surface area contributed by atoms with Crippen molar-refractivity contribution >= 4 is 52.1 Å². The highest BCUT2D eigenvalue weighted by Gasteiger charge is 2.29. The quantitative estimate of drug-likeness (QED) is 0.349. The molecule has 7 nitrogen and oxygen atoms in total. The molecule has 0 unspecified atom stereocenters. The first-order chi connectivity index (χ1) is 14.9. The maximum Gasteiger partial charge on any atom is 0.294 e. The predicted molar refractivity (Wildman–Crippen MR) is 120 cm³/mol. The van der Waals surface area contributed by atoms with E-state index in [9.17, 15) is 14.9 Å². The van der Waals surface area contributed by atoms with E-state index in [1.807, 2.05) is 4.90 Å². The van der Waals surface area contributed by atoms with Crippen LogP contribution in [-0.2, 0) is 0 Å². The molecule has 1 aliphatic rings. The Bertz CT molecular complexity index is 1160. The van der Waals surface area contributed by atoms with Gasteiger partial charge in [-0.05, 0) is 30.3 Å². The number of anilines is 1. The van der Waals surface area contributed by atoms with Gasteiger partial charge in [0, 0.05) is 37.8 Å². The summed E-state index contributed by atoms with van der Waals surface area (Å²) in [5.74, 6) is 0.363. The number of furan rings is 1. The van der Waals surface area contributed by atoms with E-state index in [1.165, 1.54) is 6.07 Å². The van der Waals surface area contributed by atoms with E-state index in [0.717, 1.165) is 0 Å². The average Bonchev–Trinajstić information content (AvgIpc) is 3.25. The molecule has 0 aliphatic carbocycles. The third-order valence-corrected chi connectivity index (χ3v) is 6.20. The van der Waals surface area contributed by atoms with Crippen LogP contribution < -0.4 is 4.90 Å². The fourth-order valence-electron chi connectivity index (χ4n) is 3.54. The Morgan fingerprint density at radius 3 is 2.32 bits per heavy atom. The van der Waals surface area contributed by atoms with Crippen molar-refractivity contribution in [3.63, 3.8) is 0 Å². The first kappa shape index (κ1) is 21.5. The molecule has 0 saturated carbocycles. The number of rotatable bonds is 4. The molecule has 0 radical (unpaired) electrons. The standard InChI is InChI=1S/C21H16Cl3N3O4/c22-14-4-1-3-13(19(14)24)17-7-8-18(31-17)21(28)26-11-9-25(10-12-26)20-15(23)5-2-6-16(20)27(29)30/h1-8H,9-12H2. The molecule has 1 saturated heterocycles. The van der Waals surface area contributed by atoms with E-state index in [1.54, 1.807) is 47.4 Å². The molecule has 160 valence electrons. The van der Waals surface area contributed by atoms with Crippen molar-refractivity contribution in [2.24, 2.45) is 0 Å². The number of piperazine rings is 1. The molecule has 2 heterocycles. The van der Waals surface area contributed by atoms with Crippen LogP contribution >= 0.6 is 34.8 Å². The summed E-state index contributed by atoms with van der Waals surface area (Å²) in [5.41, 5.74) is 0.919. The molecule has 10 heteroatoms. The molecule has 4 rings (SSSR count). The number of nitrogens with zero attached hydrogens (tertiary/aromatic N) is 3. The fourth-order valence-corrected chi connectivity index (χ4v) is 4.23. The normalized spacial score (nSPS) is 14.0. The minimum Gasteiger partial charge on any atom is -0.451 e. The molecule has 1 fully saturated rings. The van der Waals surface area contributed by atoms with Crippen molar-refractivity contribution in [3.05, 3.63) is 79.5 Å². The van der Waals surface area contributed by atoms with Crippen LogP contribution in [0.15, 0.2) is 52.9 Å². The Balaban J connectivity index is 1.48. The molecule has 0 atom stereocenters. The Kier molecular flexibility index (Phi) is 6.09. The Hall–Kier alpha value is -2.74. The number of carbonyl (C=O) groups excluding carboxylic acids is 1. The molecule has 3 aromatic rings. The van der Waals surface area contributed by atoms with Gasteiger partial charge in [-0.15, -0.1) is 0 Å². The predicted octanol–water partition coefficient (Wildman–Crippen LogP) is 5.78. The summed E-state index contributed by atoms with van der Waals surface area (Å²) in [7, 11) is 0. The monoisotopic (exact) mass is 479 g/mol. The minimum absolute atomic E-state index is 0.0543. The van der Waals surface area contributed by atoms with Gasteiger partial charge in [-0.1, -0.05) is 46.9 Å². The molecular formula is C21H16Cl3N3O4. The second-order valence-electron chi connectivity index (χ2n) is 6.91. The minimum atomic E-state index is -0.454. The topological polar surface area (TPSA) is 79.8 Å². The Morgan fingerprint density at radius 1 is 0.935 bits per heavy atom. The zero-order valence-corrected chi connectivity index (χ0v) is 18.3. The number of amides is 1. The van der Waals surface area contributed by atoms with Crippen LogP contribution in [0.3, 0.4) is 0 Å². The highest BCUT2D eigenvalue weighted by atomic mass is 35.5. The maximum absolute atomic E-state index is 12.9. The van der Waals surface area contributed by atoms with Gasteiger partial charge in [0.1, 0.15) is 11.4 Å². The number of nitro groups is 1. The van der Waals surface area contributed by atoms with Crippen LogP contribution in [-0.4, -0.2) is 41.9 Å². The van der Waals surface area contributed by atoms with Gasteiger partial charge in [-0.25, -0.2) is 0 Å². The van der Waals surface area contributed by atoms with Gasteiger partial charge >= 0.3 is 0 Å². The summed E-state index contributed by atoms with van der Waals surface area (Å²) in [5, 5.41) is 12.4. The highest BCUT2D eigenvalue weighted by Crippen LogP contribution is 2.37. The molecule has 1 aromatic heterocycles. The first-order valence-electron chi connectivity index (χ1n) is 9.38. The van der Waals surface area contributed by atoms with E-state index >= 15 is 0 Å². The van der Waals surface area contributed by atoms with Gasteiger partial charge in [0.15, 0.2) is 5.76 Å². The lowest BCUT2D eigenvalue weighted by Crippen LogP contribution is -2.49. The van der Waals surface area contributed by atoms with E-state index in [-0.39, 0.29) is 17.4 Å². The fraction of sp³-hybridized carbons (Fsp3) is 0.190. The first-order valence-corrected chi connectivity index (χ1v) is 10.5. The molecule has 0 N–H and O–H groups in total. The second-order valence-corrected chi connectivity index (χ2v) is 8.10. The number of para-hydroxylation sites is 1. The van der Waals surface area contributed by atoms with Gasteiger partial charge in [-0.3, -0.25) is 14.9 Å². The van der Waals surface area contributed by atoms with E-state index in [4.69, 9.17) is 39.2 Å². The molecule has 1 amide bonds. The number of hydrogen-bond acceptors (Lipinski definition) is 5. The number of benzene rings is 2. The van der Waals surface area contributed by atoms with Crippen LogP contribution in [0.2, 0.25) is 15.1 Å². The third-order valence-electron chi connectivity index (χ3n) is 5.08. The van der Waals surface area contributed by atoms with Gasteiger partial charge in [0.25, 0.3) is 11.6 Å². The van der Waals surface area contributed by atoms with Gasteiger partial charge in [0.05, 0.1) is 20.0 Å². The molecule has 31 heavy (non-hydrogen) atoms. The lowest BCUT2D eigenvalue weighted by Gasteiger charge is -2.35. The van der Waals surface area contributed by atoms with Crippen molar-refractivity contribution in [1.29, 1.82) is 0 Å². The van der Waals surface area contributed by atoms with Crippen molar-refractivity contribution in [2.75, 3.05) is 31.1 Å². The van der Waals surface area contributed by atoms with Crippen LogP contribution in [0.1, 0.15) is 10.6 Å². The number of hydrogen-bond donors (Lipinski definition) is 0. The largest absolute Gasteiger partial charge is 0.451 e. The second kappa shape index (κ2) is 8.78. The Labute approximate surface area is 192 Å². The smallest absolute Gasteiger partial charge is 0.294 e. The van der Waals surface area contributed by atoms with E-state index < -0.39 is 4.92 Å². The maximum atomic E-state index is 12.9. The van der Waals surface area contributed by atoms with Crippen molar-refractivity contribution < 1.29 is 14.1 Å². The van der Waals surface area contributed by atoms with Crippen LogP contribution in [0.4, 0.5) is 11.4 Å². The zero-order valence-electron chi connectivity index (χ0n) is 16.1. The average molecular weight is 481 g/mol. The van der Waals surface area contributed by atoms with Gasteiger partial charge < -0.3 is 14.2 Å². The van der Waals surface area contributed by atoms with Crippen LogP contribution in [0.5, 0.6) is 0 Å². The van der Waals surface area contributed by atoms with E-state index in [0.29, 0.717) is 58.3 Å². The molecule has 0 bridgehead atoms. The number of halogens is 3. The summed E-state index contributed by atoms with van der Waals surface area (Å²) in [6.07, 6.45) is 0. The molecule has 1 aliphatic heterocycles. The lowest BCUT2D eigenvalue weighted by molar-refractivity contribution is -0.384. The molecule has 2 aromatic carbocycles. The summed E-state index contributed by atoms with van der Waals surface area (Å²) in [6.45, 7) is 1.55. The highest BCUT2D eigenvalue weighted by molar-refractivity contribution is 6.43. The third kappa shape index (κ3) is 4.21. The summed E-state index contributed by atoms with van der Waals surface area (Å²) in [6, 6.07) is 13.0. The number of carbonyl (C=O) groups is 1. The summed E-state index contributed by atoms with van der Waals surface area (Å²) < 4.78 is 5.74. The lowest BCUT2D eigenvalue weighted by atomic mass is 10.2.